The van der Waals surface area contributed by atoms with Gasteiger partial charge in [0, 0.05) is 20.0 Å². The Balaban J connectivity index is 2.06. The molecule has 2 aliphatic rings. The highest BCUT2D eigenvalue weighted by molar-refractivity contribution is 5.80. The monoisotopic (exact) mass is 184 g/mol. The summed E-state index contributed by atoms with van der Waals surface area (Å²) in [7, 11) is 1.67. The molecule has 0 N–H and O–H groups in total. The Hall–Kier alpha value is -0.410. The lowest BCUT2D eigenvalue weighted by atomic mass is 9.89. The lowest BCUT2D eigenvalue weighted by Gasteiger charge is -2.36. The normalized spacial score (nSPS) is 35.0. The van der Waals surface area contributed by atoms with Crippen molar-refractivity contribution in [2.75, 3.05) is 20.3 Å². The van der Waals surface area contributed by atoms with Crippen LogP contribution >= 0.6 is 0 Å². The topological polar surface area (TPSA) is 35.5 Å². The van der Waals surface area contributed by atoms with Crippen LogP contribution in [0.2, 0.25) is 0 Å². The van der Waals surface area contributed by atoms with E-state index < -0.39 is 0 Å². The molecular weight excluding hydrogens is 168 g/mol. The molecule has 0 aromatic carbocycles. The van der Waals surface area contributed by atoms with Crippen LogP contribution in [0.3, 0.4) is 0 Å². The van der Waals surface area contributed by atoms with Gasteiger partial charge in [-0.05, 0) is 18.8 Å². The third kappa shape index (κ3) is 1.76. The van der Waals surface area contributed by atoms with Gasteiger partial charge < -0.3 is 9.47 Å². The molecular formula is C10H16O3. The van der Waals surface area contributed by atoms with Crippen LogP contribution in [0, 0.1) is 5.92 Å². The lowest BCUT2D eigenvalue weighted by molar-refractivity contribution is -0.154. The van der Waals surface area contributed by atoms with Crippen LogP contribution in [0.5, 0.6) is 0 Å². The van der Waals surface area contributed by atoms with Gasteiger partial charge in [0.05, 0.1) is 13.2 Å². The molecule has 13 heavy (non-hydrogen) atoms. The van der Waals surface area contributed by atoms with Gasteiger partial charge in [-0.3, -0.25) is 4.79 Å². The number of carbonyl (C=O) groups excluding carboxylic acids is 1. The Labute approximate surface area is 78.4 Å². The second-order valence-electron chi connectivity index (χ2n) is 4.09. The first-order valence-corrected chi connectivity index (χ1v) is 4.91. The molecule has 1 aliphatic carbocycles. The lowest BCUT2D eigenvalue weighted by Crippen LogP contribution is -2.45. The largest absolute Gasteiger partial charge is 0.382 e. The van der Waals surface area contributed by atoms with Crippen molar-refractivity contribution in [2.45, 2.75) is 31.3 Å². The van der Waals surface area contributed by atoms with Crippen LogP contribution in [0.1, 0.15) is 25.7 Å². The summed E-state index contributed by atoms with van der Waals surface area (Å²) in [6, 6.07) is 0. The number of rotatable bonds is 3. The van der Waals surface area contributed by atoms with E-state index in [1.165, 1.54) is 12.8 Å². The number of carbonyl (C=O) groups is 1. The first-order chi connectivity index (χ1) is 6.27. The quantitative estimate of drug-likeness (QED) is 0.660. The van der Waals surface area contributed by atoms with Crippen LogP contribution in [0.15, 0.2) is 0 Å². The highest BCUT2D eigenvalue weighted by Gasteiger charge is 2.49. The zero-order valence-electron chi connectivity index (χ0n) is 8.04. The highest BCUT2D eigenvalue weighted by atomic mass is 16.5. The minimum absolute atomic E-state index is 0.260. The molecule has 1 heterocycles. The summed E-state index contributed by atoms with van der Waals surface area (Å²) in [6.07, 6.45) is 3.52. The van der Waals surface area contributed by atoms with E-state index in [9.17, 15) is 4.79 Å². The summed E-state index contributed by atoms with van der Waals surface area (Å²) >= 11 is 0. The van der Waals surface area contributed by atoms with Gasteiger partial charge in [0.2, 0.25) is 0 Å². The molecule has 0 spiro atoms. The Morgan fingerprint density at radius 1 is 1.62 bits per heavy atom. The fourth-order valence-electron chi connectivity index (χ4n) is 2.17. The van der Waals surface area contributed by atoms with Crippen molar-refractivity contribution in [1.82, 2.24) is 0 Å². The van der Waals surface area contributed by atoms with E-state index in [0.29, 0.717) is 37.8 Å². The molecule has 2 fully saturated rings. The van der Waals surface area contributed by atoms with Crippen molar-refractivity contribution in [3.8, 4) is 0 Å². The van der Waals surface area contributed by atoms with Crippen LogP contribution in [-0.4, -0.2) is 31.7 Å². The highest BCUT2D eigenvalue weighted by Crippen LogP contribution is 2.45. The fraction of sp³-hybridized carbons (Fsp3) is 0.900. The number of methoxy groups -OCH3 is 1. The standard InChI is InChI=1S/C10H16O3/c1-12-7-10(8-2-3-8)6-9(11)4-5-13-10/h8H,2-7H2,1H3. The third-order valence-corrected chi connectivity index (χ3v) is 2.98. The van der Waals surface area contributed by atoms with Gasteiger partial charge in [0.1, 0.15) is 11.4 Å². The van der Waals surface area contributed by atoms with E-state index in [1.807, 2.05) is 0 Å². The Morgan fingerprint density at radius 3 is 2.92 bits per heavy atom. The average molecular weight is 184 g/mol. The second kappa shape index (κ2) is 3.39. The smallest absolute Gasteiger partial charge is 0.138 e. The van der Waals surface area contributed by atoms with Crippen LogP contribution in [-0.2, 0) is 14.3 Å². The van der Waals surface area contributed by atoms with E-state index in [1.54, 1.807) is 7.11 Å². The fourth-order valence-corrected chi connectivity index (χ4v) is 2.17. The number of ketones is 1. The molecule has 2 rings (SSSR count). The molecule has 0 aromatic heterocycles. The van der Waals surface area contributed by atoms with Crippen molar-refractivity contribution >= 4 is 5.78 Å². The van der Waals surface area contributed by atoms with Gasteiger partial charge in [-0.15, -0.1) is 0 Å². The molecule has 74 valence electrons. The molecule has 3 heteroatoms. The van der Waals surface area contributed by atoms with E-state index in [2.05, 4.69) is 0 Å². The molecule has 1 saturated carbocycles. The van der Waals surface area contributed by atoms with Crippen molar-refractivity contribution in [1.29, 1.82) is 0 Å². The van der Waals surface area contributed by atoms with Gasteiger partial charge >= 0.3 is 0 Å². The van der Waals surface area contributed by atoms with E-state index >= 15 is 0 Å². The summed E-state index contributed by atoms with van der Waals surface area (Å²) in [5.41, 5.74) is -0.260. The molecule has 3 nitrogen and oxygen atoms in total. The molecule has 1 aliphatic heterocycles. The molecule has 0 radical (unpaired) electrons. The molecule has 1 saturated heterocycles. The zero-order valence-corrected chi connectivity index (χ0v) is 8.04. The molecule has 1 unspecified atom stereocenters. The number of hydrogen-bond donors (Lipinski definition) is 0. The van der Waals surface area contributed by atoms with Crippen molar-refractivity contribution in [3.05, 3.63) is 0 Å². The van der Waals surface area contributed by atoms with E-state index in [-0.39, 0.29) is 5.60 Å². The number of ether oxygens (including phenoxy) is 2. The van der Waals surface area contributed by atoms with Crippen molar-refractivity contribution in [2.24, 2.45) is 5.92 Å². The second-order valence-corrected chi connectivity index (χ2v) is 4.09. The van der Waals surface area contributed by atoms with Gasteiger partial charge in [-0.1, -0.05) is 0 Å². The number of hydrogen-bond acceptors (Lipinski definition) is 3. The summed E-state index contributed by atoms with van der Waals surface area (Å²) in [5.74, 6) is 0.895. The molecule has 0 bridgehead atoms. The molecule has 1 atom stereocenters. The Bertz CT molecular complexity index is 206. The summed E-state index contributed by atoms with van der Waals surface area (Å²) in [6.45, 7) is 1.15. The van der Waals surface area contributed by atoms with Gasteiger partial charge in [0.25, 0.3) is 0 Å². The first-order valence-electron chi connectivity index (χ1n) is 4.91. The van der Waals surface area contributed by atoms with E-state index in [4.69, 9.17) is 9.47 Å². The van der Waals surface area contributed by atoms with Crippen LogP contribution < -0.4 is 0 Å². The predicted molar refractivity (Wildman–Crippen MR) is 47.5 cm³/mol. The van der Waals surface area contributed by atoms with Crippen LogP contribution in [0.4, 0.5) is 0 Å². The predicted octanol–water partition coefficient (Wildman–Crippen LogP) is 1.16. The third-order valence-electron chi connectivity index (χ3n) is 2.98. The molecule has 0 amide bonds. The maximum Gasteiger partial charge on any atom is 0.138 e. The minimum atomic E-state index is -0.260. The first kappa shape index (κ1) is 9.16. The van der Waals surface area contributed by atoms with Crippen molar-refractivity contribution in [3.63, 3.8) is 0 Å². The van der Waals surface area contributed by atoms with Gasteiger partial charge in [-0.25, -0.2) is 0 Å². The molecule has 0 aromatic rings. The Morgan fingerprint density at radius 2 is 2.38 bits per heavy atom. The summed E-state index contributed by atoms with van der Waals surface area (Å²) in [5, 5.41) is 0. The summed E-state index contributed by atoms with van der Waals surface area (Å²) in [4.78, 5) is 11.4. The maximum atomic E-state index is 11.4. The average Bonchev–Trinajstić information content (AvgIpc) is 2.86. The zero-order chi connectivity index (χ0) is 9.31. The van der Waals surface area contributed by atoms with E-state index in [0.717, 1.165) is 0 Å². The summed E-state index contributed by atoms with van der Waals surface area (Å²) < 4.78 is 10.9. The van der Waals surface area contributed by atoms with Gasteiger partial charge in [-0.2, -0.15) is 0 Å². The van der Waals surface area contributed by atoms with Crippen LogP contribution in [0.25, 0.3) is 0 Å². The van der Waals surface area contributed by atoms with Crippen molar-refractivity contribution < 1.29 is 14.3 Å². The van der Waals surface area contributed by atoms with Gasteiger partial charge in [0.15, 0.2) is 0 Å². The number of Topliss-reactive ketones (excluding diaryl/α,β-unsaturated/α-hetero) is 1. The SMILES string of the molecule is COCC1(C2CC2)CC(=O)CCO1. The maximum absolute atomic E-state index is 11.4. The Kier molecular flexibility index (Phi) is 2.39. The minimum Gasteiger partial charge on any atom is -0.382 e.